The average molecular weight is 300 g/mol. The molecule has 2 aliphatic rings. The second kappa shape index (κ2) is 5.68. The Morgan fingerprint density at radius 3 is 2.55 bits per heavy atom. The van der Waals surface area contributed by atoms with Gasteiger partial charge in [0.1, 0.15) is 6.10 Å². The molecule has 6 unspecified atom stereocenters. The van der Waals surface area contributed by atoms with Crippen LogP contribution in [0.4, 0.5) is 0 Å². The van der Waals surface area contributed by atoms with Crippen molar-refractivity contribution in [2.75, 3.05) is 5.75 Å². The first kappa shape index (κ1) is 15.8. The molecule has 2 fully saturated rings. The lowest BCUT2D eigenvalue weighted by atomic mass is 9.70. The van der Waals surface area contributed by atoms with E-state index >= 15 is 0 Å². The SMILES string of the molecule is CC(=O)OC1C(C)C(C)OC(C)(C2CSC(=O)C2)C1C. The maximum atomic E-state index is 11.6. The minimum Gasteiger partial charge on any atom is -0.462 e. The maximum Gasteiger partial charge on any atom is 0.302 e. The number of rotatable bonds is 2. The molecule has 2 heterocycles. The van der Waals surface area contributed by atoms with Gasteiger partial charge in [-0.15, -0.1) is 0 Å². The molecule has 4 nitrogen and oxygen atoms in total. The summed E-state index contributed by atoms with van der Waals surface area (Å²) in [6.07, 6.45) is 0.419. The highest BCUT2D eigenvalue weighted by Crippen LogP contribution is 2.47. The van der Waals surface area contributed by atoms with E-state index in [1.807, 2.05) is 6.92 Å². The Kier molecular flexibility index (Phi) is 4.50. The minimum atomic E-state index is -0.412. The quantitative estimate of drug-likeness (QED) is 0.734. The van der Waals surface area contributed by atoms with Gasteiger partial charge in [-0.05, 0) is 13.8 Å². The van der Waals surface area contributed by atoms with Crippen LogP contribution in [0.25, 0.3) is 0 Å². The molecule has 2 rings (SSSR count). The summed E-state index contributed by atoms with van der Waals surface area (Å²) in [6.45, 7) is 9.67. The Morgan fingerprint density at radius 2 is 2.05 bits per heavy atom. The van der Waals surface area contributed by atoms with E-state index < -0.39 is 5.60 Å². The van der Waals surface area contributed by atoms with Crippen molar-refractivity contribution in [3.05, 3.63) is 0 Å². The first-order valence-electron chi connectivity index (χ1n) is 7.26. The van der Waals surface area contributed by atoms with Crippen LogP contribution in [0.15, 0.2) is 0 Å². The van der Waals surface area contributed by atoms with Crippen molar-refractivity contribution in [1.29, 1.82) is 0 Å². The van der Waals surface area contributed by atoms with Crippen molar-refractivity contribution in [3.63, 3.8) is 0 Å². The zero-order valence-electron chi connectivity index (χ0n) is 12.8. The zero-order chi connectivity index (χ0) is 15.1. The van der Waals surface area contributed by atoms with Gasteiger partial charge >= 0.3 is 5.97 Å². The van der Waals surface area contributed by atoms with Crippen LogP contribution in [0.3, 0.4) is 0 Å². The number of hydrogen-bond acceptors (Lipinski definition) is 5. The molecular weight excluding hydrogens is 276 g/mol. The third kappa shape index (κ3) is 2.75. The first-order chi connectivity index (χ1) is 9.25. The molecule has 20 heavy (non-hydrogen) atoms. The van der Waals surface area contributed by atoms with Gasteiger partial charge < -0.3 is 9.47 Å². The van der Waals surface area contributed by atoms with Crippen LogP contribution < -0.4 is 0 Å². The molecule has 0 saturated carbocycles. The predicted octanol–water partition coefficient (Wildman–Crippen LogP) is 2.65. The molecular formula is C15H24O4S. The van der Waals surface area contributed by atoms with Gasteiger partial charge in [-0.2, -0.15) is 0 Å². The van der Waals surface area contributed by atoms with Crippen LogP contribution in [0.5, 0.6) is 0 Å². The normalized spacial score (nSPS) is 45.5. The van der Waals surface area contributed by atoms with Gasteiger partial charge in [-0.1, -0.05) is 25.6 Å². The van der Waals surface area contributed by atoms with Crippen LogP contribution in [0.2, 0.25) is 0 Å². The molecule has 0 spiro atoms. The van der Waals surface area contributed by atoms with Crippen molar-refractivity contribution in [1.82, 2.24) is 0 Å². The highest BCUT2D eigenvalue weighted by Gasteiger charge is 2.53. The number of carbonyl (C=O) groups is 2. The van der Waals surface area contributed by atoms with Crippen molar-refractivity contribution >= 4 is 22.8 Å². The van der Waals surface area contributed by atoms with Gasteiger partial charge in [0.05, 0.1) is 11.7 Å². The predicted molar refractivity (Wildman–Crippen MR) is 78.4 cm³/mol. The molecule has 0 amide bonds. The Bertz CT molecular complexity index is 411. The smallest absolute Gasteiger partial charge is 0.302 e. The van der Waals surface area contributed by atoms with Gasteiger partial charge in [0.2, 0.25) is 0 Å². The number of thioether (sulfide) groups is 1. The average Bonchev–Trinajstić information content (AvgIpc) is 2.79. The Hall–Kier alpha value is -0.550. The fraction of sp³-hybridized carbons (Fsp3) is 0.867. The fourth-order valence-electron chi connectivity index (χ4n) is 3.41. The fourth-order valence-corrected chi connectivity index (χ4v) is 4.57. The standard InChI is InChI=1S/C15H24O4S/c1-8-10(3)19-15(5,12-6-13(17)20-7-12)9(2)14(8)18-11(4)16/h8-10,12,14H,6-7H2,1-5H3. The molecule has 2 saturated heterocycles. The van der Waals surface area contributed by atoms with E-state index in [0.29, 0.717) is 6.42 Å². The summed E-state index contributed by atoms with van der Waals surface area (Å²) in [5, 5.41) is 0.238. The maximum absolute atomic E-state index is 11.6. The van der Waals surface area contributed by atoms with E-state index in [1.54, 1.807) is 0 Å². The van der Waals surface area contributed by atoms with Gasteiger partial charge in [0, 0.05) is 36.9 Å². The van der Waals surface area contributed by atoms with Crippen molar-refractivity contribution < 1.29 is 19.1 Å². The Labute approximate surface area is 125 Å². The van der Waals surface area contributed by atoms with Crippen LogP contribution in [-0.4, -0.2) is 34.6 Å². The topological polar surface area (TPSA) is 52.6 Å². The van der Waals surface area contributed by atoms with E-state index in [2.05, 4.69) is 20.8 Å². The van der Waals surface area contributed by atoms with Gasteiger partial charge in [-0.3, -0.25) is 9.59 Å². The molecule has 5 heteroatoms. The summed E-state index contributed by atoms with van der Waals surface area (Å²) in [5.41, 5.74) is -0.412. The summed E-state index contributed by atoms with van der Waals surface area (Å²) in [4.78, 5) is 22.9. The third-order valence-corrected chi connectivity index (χ3v) is 6.12. The second-order valence-electron chi connectivity index (χ2n) is 6.31. The Morgan fingerprint density at radius 1 is 1.40 bits per heavy atom. The molecule has 6 atom stereocenters. The highest BCUT2D eigenvalue weighted by atomic mass is 32.2. The van der Waals surface area contributed by atoms with Crippen molar-refractivity contribution in [2.45, 2.75) is 58.8 Å². The first-order valence-corrected chi connectivity index (χ1v) is 8.25. The molecule has 0 aromatic heterocycles. The van der Waals surface area contributed by atoms with Crippen LogP contribution in [0.1, 0.15) is 41.0 Å². The monoisotopic (exact) mass is 300 g/mol. The molecule has 0 aromatic carbocycles. The van der Waals surface area contributed by atoms with E-state index in [-0.39, 0.29) is 41.0 Å². The zero-order valence-corrected chi connectivity index (χ0v) is 13.7. The molecule has 2 aliphatic heterocycles. The summed E-state index contributed by atoms with van der Waals surface area (Å²) in [5.74, 6) is 0.985. The third-order valence-electron chi connectivity index (χ3n) is 5.07. The summed E-state index contributed by atoms with van der Waals surface area (Å²) in [6, 6.07) is 0. The van der Waals surface area contributed by atoms with Gasteiger partial charge in [0.25, 0.3) is 0 Å². The lowest BCUT2D eigenvalue weighted by Gasteiger charge is -2.52. The van der Waals surface area contributed by atoms with Gasteiger partial charge in [-0.25, -0.2) is 0 Å². The van der Waals surface area contributed by atoms with Crippen molar-refractivity contribution in [2.24, 2.45) is 17.8 Å². The van der Waals surface area contributed by atoms with E-state index in [0.717, 1.165) is 5.75 Å². The van der Waals surface area contributed by atoms with Crippen LogP contribution in [-0.2, 0) is 19.1 Å². The molecule has 0 N–H and O–H groups in total. The number of hydrogen-bond donors (Lipinski definition) is 0. The number of ether oxygens (including phenoxy) is 2. The molecule has 0 bridgehead atoms. The summed E-state index contributed by atoms with van der Waals surface area (Å²) in [7, 11) is 0. The van der Waals surface area contributed by atoms with E-state index in [4.69, 9.17) is 9.47 Å². The highest BCUT2D eigenvalue weighted by molar-refractivity contribution is 8.14. The molecule has 0 aromatic rings. The molecule has 0 radical (unpaired) electrons. The van der Waals surface area contributed by atoms with E-state index in [1.165, 1.54) is 18.7 Å². The van der Waals surface area contributed by atoms with Crippen molar-refractivity contribution in [3.8, 4) is 0 Å². The minimum absolute atomic E-state index is 0.0150. The number of carbonyl (C=O) groups excluding carboxylic acids is 2. The second-order valence-corrected chi connectivity index (χ2v) is 7.39. The van der Waals surface area contributed by atoms with Crippen LogP contribution in [0, 0.1) is 17.8 Å². The summed E-state index contributed by atoms with van der Waals surface area (Å²) < 4.78 is 11.8. The van der Waals surface area contributed by atoms with E-state index in [9.17, 15) is 9.59 Å². The lowest BCUT2D eigenvalue weighted by Crippen LogP contribution is -2.59. The molecule has 114 valence electrons. The Balaban J connectivity index is 2.24. The lowest BCUT2D eigenvalue weighted by molar-refractivity contribution is -0.234. The molecule has 0 aliphatic carbocycles. The largest absolute Gasteiger partial charge is 0.462 e. The summed E-state index contributed by atoms with van der Waals surface area (Å²) >= 11 is 1.39. The number of esters is 1. The van der Waals surface area contributed by atoms with Gasteiger partial charge in [0.15, 0.2) is 5.12 Å². The van der Waals surface area contributed by atoms with Crippen LogP contribution >= 0.6 is 11.8 Å².